The van der Waals surface area contributed by atoms with E-state index in [0.717, 1.165) is 0 Å². The van der Waals surface area contributed by atoms with Crippen molar-refractivity contribution in [3.05, 3.63) is 48.5 Å². The molecule has 0 bridgehead atoms. The molecule has 0 saturated carbocycles. The summed E-state index contributed by atoms with van der Waals surface area (Å²) in [6.07, 6.45) is 0. The first-order valence-electron chi connectivity index (χ1n) is 5.21. The average molecular weight is 265 g/mol. The summed E-state index contributed by atoms with van der Waals surface area (Å²) >= 11 is 0. The monoisotopic (exact) mass is 264 g/mol. The number of nitrogens with two attached hydrogens (primary N) is 2. The predicted molar refractivity (Wildman–Crippen MR) is 77.4 cm³/mol. The number of hydrogen-bond donors (Lipinski definition) is 2. The molecule has 0 unspecified atom stereocenters. The summed E-state index contributed by atoms with van der Waals surface area (Å²) in [5.41, 5.74) is 12.6. The summed E-state index contributed by atoms with van der Waals surface area (Å²) in [7, 11) is 0.118. The van der Waals surface area contributed by atoms with Gasteiger partial charge in [-0.05, 0) is 24.3 Å². The van der Waals surface area contributed by atoms with E-state index in [4.69, 9.17) is 20.8 Å². The molecule has 0 saturated heterocycles. The van der Waals surface area contributed by atoms with E-state index in [0.29, 0.717) is 22.9 Å². The Morgan fingerprint density at radius 1 is 0.778 bits per heavy atom. The van der Waals surface area contributed by atoms with Crippen molar-refractivity contribution in [2.24, 2.45) is 0 Å². The van der Waals surface area contributed by atoms with E-state index in [-0.39, 0.29) is 20.1 Å². The summed E-state index contributed by atoms with van der Waals surface area (Å²) in [6, 6.07) is 14.4. The summed E-state index contributed by atoms with van der Waals surface area (Å²) in [5, 5.41) is 0. The van der Waals surface area contributed by atoms with Crippen LogP contribution in [-0.2, 0) is 0 Å². The van der Waals surface area contributed by atoms with Crippen molar-refractivity contribution in [3.63, 3.8) is 0 Å². The zero-order valence-electron chi connectivity index (χ0n) is 9.71. The third-order valence-electron chi connectivity index (χ3n) is 2.17. The van der Waals surface area contributed by atoms with Crippen LogP contribution < -0.4 is 20.8 Å². The molecule has 0 aliphatic rings. The molecule has 0 spiro atoms. The lowest BCUT2D eigenvalue weighted by Gasteiger charge is -2.08. The van der Waals surface area contributed by atoms with Crippen molar-refractivity contribution < 1.29 is 9.31 Å². The van der Waals surface area contributed by atoms with Crippen molar-refractivity contribution in [2.45, 2.75) is 0 Å². The molecule has 0 atom stereocenters. The van der Waals surface area contributed by atoms with Crippen molar-refractivity contribution in [1.29, 1.82) is 0 Å². The van der Waals surface area contributed by atoms with Gasteiger partial charge < -0.3 is 20.8 Å². The van der Waals surface area contributed by atoms with Crippen LogP contribution in [0, 0.1) is 0 Å². The van der Waals surface area contributed by atoms with Crippen molar-refractivity contribution in [1.82, 2.24) is 0 Å². The minimum atomic E-state index is 0. The van der Waals surface area contributed by atoms with E-state index in [1.165, 1.54) is 0 Å². The largest absolute Gasteiger partial charge is 0.576 e. The second-order valence-corrected chi connectivity index (χ2v) is 3.55. The van der Waals surface area contributed by atoms with E-state index < -0.39 is 0 Å². The molecule has 0 aliphatic carbocycles. The van der Waals surface area contributed by atoms with Crippen LogP contribution in [0.5, 0.6) is 11.5 Å². The maximum atomic E-state index is 5.62. The molecule has 18 heavy (non-hydrogen) atoms. The van der Waals surface area contributed by atoms with Crippen molar-refractivity contribution >= 4 is 31.5 Å². The summed E-state index contributed by atoms with van der Waals surface area (Å²) in [4.78, 5) is 0. The molecule has 4 N–H and O–H groups in total. The van der Waals surface area contributed by atoms with E-state index in [1.54, 1.807) is 24.3 Å². The molecule has 0 aromatic heterocycles. The van der Waals surface area contributed by atoms with Gasteiger partial charge in [0.05, 0.1) is 0 Å². The van der Waals surface area contributed by atoms with Crippen molar-refractivity contribution in [2.75, 3.05) is 11.5 Å². The molecule has 2 aromatic carbocycles. The van der Waals surface area contributed by atoms with Gasteiger partial charge >= 0.3 is 7.69 Å². The molecule has 94 valence electrons. The predicted octanol–water partition coefficient (Wildman–Crippen LogP) is 2.00. The maximum absolute atomic E-state index is 5.62. The highest BCUT2D eigenvalue weighted by Crippen LogP contribution is 2.16. The first kappa shape index (κ1) is 14.1. The van der Waals surface area contributed by atoms with E-state index in [1.807, 2.05) is 24.3 Å². The highest BCUT2D eigenvalue weighted by molar-refractivity contribution is 6.20. The first-order valence-corrected chi connectivity index (χ1v) is 5.21. The van der Waals surface area contributed by atoms with Crippen LogP contribution in [-0.4, -0.2) is 7.69 Å². The number of halogens is 1. The molecule has 4 nitrogen and oxygen atoms in total. The summed E-state index contributed by atoms with van der Waals surface area (Å²) in [6.45, 7) is 0. The van der Waals surface area contributed by atoms with Crippen LogP contribution in [0.4, 0.5) is 11.4 Å². The lowest BCUT2D eigenvalue weighted by atomic mass is 10.2. The number of nitrogen functional groups attached to an aromatic ring is 2. The molecular weight excluding hydrogens is 250 g/mol. The highest BCUT2D eigenvalue weighted by atomic mass is 35.5. The van der Waals surface area contributed by atoms with Gasteiger partial charge in [0.2, 0.25) is 0 Å². The molecule has 0 fully saturated rings. The zero-order valence-corrected chi connectivity index (χ0v) is 10.5. The quantitative estimate of drug-likeness (QED) is 0.654. The normalized spacial score (nSPS) is 9.11. The van der Waals surface area contributed by atoms with Crippen LogP contribution in [0.15, 0.2) is 48.5 Å². The highest BCUT2D eigenvalue weighted by Gasteiger charge is 2.00. The topological polar surface area (TPSA) is 70.5 Å². The fourth-order valence-electron chi connectivity index (χ4n) is 1.37. The molecule has 0 heterocycles. The molecule has 2 rings (SSSR count). The third kappa shape index (κ3) is 4.10. The van der Waals surface area contributed by atoms with Gasteiger partial charge in [-0.3, -0.25) is 0 Å². The zero-order chi connectivity index (χ0) is 12.1. The first-order chi connectivity index (χ1) is 8.24. The van der Waals surface area contributed by atoms with Gasteiger partial charge in [0.25, 0.3) is 0 Å². The molecule has 2 aromatic rings. The Balaban J connectivity index is 0.00000162. The number of anilines is 2. The molecule has 6 heteroatoms. The minimum Gasteiger partial charge on any atom is -0.528 e. The summed E-state index contributed by atoms with van der Waals surface area (Å²) in [5.74, 6) is 1.35. The third-order valence-corrected chi connectivity index (χ3v) is 2.17. The average Bonchev–Trinajstić information content (AvgIpc) is 2.29. The van der Waals surface area contributed by atoms with Gasteiger partial charge in [0, 0.05) is 23.5 Å². The van der Waals surface area contributed by atoms with Crippen molar-refractivity contribution in [3.8, 4) is 11.5 Å². The van der Waals surface area contributed by atoms with E-state index in [9.17, 15) is 0 Å². The fraction of sp³-hybridized carbons (Fsp3) is 0. The van der Waals surface area contributed by atoms with E-state index in [2.05, 4.69) is 0 Å². The fourth-order valence-corrected chi connectivity index (χ4v) is 1.37. The maximum Gasteiger partial charge on any atom is 0.576 e. The Morgan fingerprint density at radius 2 is 1.22 bits per heavy atom. The Bertz CT molecular complexity index is 465. The Kier molecular flexibility index (Phi) is 5.20. The lowest BCUT2D eigenvalue weighted by Crippen LogP contribution is -2.11. The Labute approximate surface area is 113 Å². The molecule has 0 amide bonds. The smallest absolute Gasteiger partial charge is 0.528 e. The number of benzene rings is 2. The van der Waals surface area contributed by atoms with Gasteiger partial charge in [-0.2, -0.15) is 0 Å². The van der Waals surface area contributed by atoms with Gasteiger partial charge in [0.15, 0.2) is 0 Å². The van der Waals surface area contributed by atoms with Gasteiger partial charge in [0.1, 0.15) is 11.5 Å². The number of rotatable bonds is 4. The lowest BCUT2D eigenvalue weighted by molar-refractivity contribution is 0.459. The second-order valence-electron chi connectivity index (χ2n) is 3.55. The number of hydrogen-bond acceptors (Lipinski definition) is 4. The Morgan fingerprint density at radius 3 is 1.61 bits per heavy atom. The van der Waals surface area contributed by atoms with Crippen LogP contribution in [0.25, 0.3) is 0 Å². The molecular formula is C12H14BClN2O2. The van der Waals surface area contributed by atoms with E-state index >= 15 is 0 Å². The Hall–Kier alpha value is -2.01. The molecule has 0 radical (unpaired) electrons. The standard InChI is InChI=1S/C12H13BN2O2.ClH/c14-9-3-1-5-11(7-9)16-13-17-12-6-2-4-10(15)8-12;/h1-8,13H,14-15H2;1H. The van der Waals surface area contributed by atoms with Crippen LogP contribution >= 0.6 is 12.4 Å². The van der Waals surface area contributed by atoms with Crippen LogP contribution in [0.1, 0.15) is 0 Å². The molecule has 0 aliphatic heterocycles. The van der Waals surface area contributed by atoms with Crippen LogP contribution in [0.3, 0.4) is 0 Å². The summed E-state index contributed by atoms with van der Waals surface area (Å²) < 4.78 is 10.8. The van der Waals surface area contributed by atoms with Gasteiger partial charge in [-0.25, -0.2) is 0 Å². The van der Waals surface area contributed by atoms with Crippen LogP contribution in [0.2, 0.25) is 0 Å². The minimum absolute atomic E-state index is 0. The van der Waals surface area contributed by atoms with Gasteiger partial charge in [-0.15, -0.1) is 12.4 Å². The van der Waals surface area contributed by atoms with Gasteiger partial charge in [-0.1, -0.05) is 12.1 Å². The second kappa shape index (κ2) is 6.66. The SMILES string of the molecule is Cl.Nc1cccc(OBOc2cccc(N)c2)c1.